The Balaban J connectivity index is 0.00000242. The van der Waals surface area contributed by atoms with Gasteiger partial charge in [-0.1, -0.05) is 15.9 Å². The van der Waals surface area contributed by atoms with Gasteiger partial charge in [0.1, 0.15) is 0 Å². The van der Waals surface area contributed by atoms with Crippen LogP contribution < -0.4 is 5.73 Å². The van der Waals surface area contributed by atoms with Crippen LogP contribution in [0.3, 0.4) is 0 Å². The Labute approximate surface area is 141 Å². The number of benzene rings is 1. The largest absolute Gasteiger partial charge is 0.417 e. The van der Waals surface area contributed by atoms with E-state index < -0.39 is 26.7 Å². The minimum Gasteiger partial charge on any atom is -0.327 e. The molecule has 1 aromatic carbocycles. The Morgan fingerprint density at radius 1 is 1.32 bits per heavy atom. The van der Waals surface area contributed by atoms with Crippen molar-refractivity contribution < 1.29 is 21.6 Å². The summed E-state index contributed by atoms with van der Waals surface area (Å²) in [7, 11) is -4.21. The number of nitrogens with zero attached hydrogens (tertiary/aromatic N) is 1. The molecule has 1 aromatic rings. The highest BCUT2D eigenvalue weighted by Crippen LogP contribution is 2.37. The van der Waals surface area contributed by atoms with Crippen molar-refractivity contribution in [2.24, 2.45) is 5.73 Å². The minimum atomic E-state index is -4.75. The van der Waals surface area contributed by atoms with Crippen molar-refractivity contribution in [3.63, 3.8) is 0 Å². The van der Waals surface area contributed by atoms with Crippen molar-refractivity contribution in [2.45, 2.75) is 30.0 Å². The van der Waals surface area contributed by atoms with Crippen molar-refractivity contribution in [1.29, 1.82) is 0 Å². The fraction of sp³-hybridized carbons (Fsp3) is 0.500. The van der Waals surface area contributed by atoms with Gasteiger partial charge in [-0.2, -0.15) is 17.5 Å². The van der Waals surface area contributed by atoms with E-state index >= 15 is 0 Å². The molecule has 126 valence electrons. The molecule has 0 radical (unpaired) electrons. The van der Waals surface area contributed by atoms with Crippen LogP contribution in [0.2, 0.25) is 0 Å². The number of halogens is 5. The van der Waals surface area contributed by atoms with Crippen molar-refractivity contribution in [3.8, 4) is 0 Å². The Morgan fingerprint density at radius 3 is 2.50 bits per heavy atom. The lowest BCUT2D eigenvalue weighted by molar-refractivity contribution is -0.140. The highest BCUT2D eigenvalue weighted by Gasteiger charge is 2.40. The van der Waals surface area contributed by atoms with Crippen LogP contribution in [0, 0.1) is 0 Å². The summed E-state index contributed by atoms with van der Waals surface area (Å²) in [6.45, 7) is 0.221. The van der Waals surface area contributed by atoms with Gasteiger partial charge in [0.25, 0.3) is 0 Å². The molecule has 0 spiro atoms. The fourth-order valence-electron chi connectivity index (χ4n) is 2.28. The number of sulfonamides is 1. The van der Waals surface area contributed by atoms with Gasteiger partial charge >= 0.3 is 6.18 Å². The molecule has 0 amide bonds. The molecular formula is C12H15BrClF3N2O2S. The normalized spacial score (nSPS) is 20.5. The molecule has 1 unspecified atom stereocenters. The summed E-state index contributed by atoms with van der Waals surface area (Å²) in [6.07, 6.45) is -3.54. The van der Waals surface area contributed by atoms with Gasteiger partial charge in [-0.15, -0.1) is 12.4 Å². The summed E-state index contributed by atoms with van der Waals surface area (Å²) in [6, 6.07) is 2.68. The van der Waals surface area contributed by atoms with Gasteiger partial charge in [0.2, 0.25) is 10.0 Å². The summed E-state index contributed by atoms with van der Waals surface area (Å²) in [5, 5.41) is 0. The molecule has 1 aliphatic heterocycles. The maximum Gasteiger partial charge on any atom is 0.417 e. The lowest BCUT2D eigenvalue weighted by Gasteiger charge is -2.30. The van der Waals surface area contributed by atoms with Crippen LogP contribution in [-0.2, 0) is 16.2 Å². The predicted molar refractivity (Wildman–Crippen MR) is 82.4 cm³/mol. The van der Waals surface area contributed by atoms with Crippen LogP contribution in [0.4, 0.5) is 13.2 Å². The van der Waals surface area contributed by atoms with Gasteiger partial charge in [-0.3, -0.25) is 0 Å². The molecule has 0 aromatic heterocycles. The first-order valence-electron chi connectivity index (χ1n) is 6.25. The highest BCUT2D eigenvalue weighted by molar-refractivity contribution is 9.10. The second-order valence-corrected chi connectivity index (χ2v) is 7.73. The average Bonchev–Trinajstić information content (AvgIpc) is 2.37. The van der Waals surface area contributed by atoms with E-state index in [9.17, 15) is 21.6 Å². The van der Waals surface area contributed by atoms with E-state index in [1.807, 2.05) is 0 Å². The van der Waals surface area contributed by atoms with Gasteiger partial charge in [-0.05, 0) is 31.0 Å². The van der Waals surface area contributed by atoms with E-state index in [4.69, 9.17) is 5.73 Å². The highest BCUT2D eigenvalue weighted by atomic mass is 79.9. The van der Waals surface area contributed by atoms with Gasteiger partial charge in [-0.25, -0.2) is 8.42 Å². The van der Waals surface area contributed by atoms with Crippen LogP contribution in [0.5, 0.6) is 0 Å². The van der Waals surface area contributed by atoms with Crippen LogP contribution >= 0.6 is 28.3 Å². The monoisotopic (exact) mass is 422 g/mol. The summed E-state index contributed by atoms with van der Waals surface area (Å²) >= 11 is 2.93. The van der Waals surface area contributed by atoms with Crippen molar-refractivity contribution in [2.75, 3.05) is 13.1 Å². The summed E-state index contributed by atoms with van der Waals surface area (Å²) < 4.78 is 65.4. The third-order valence-electron chi connectivity index (χ3n) is 3.29. The zero-order chi connectivity index (χ0) is 15.8. The van der Waals surface area contributed by atoms with E-state index in [1.54, 1.807) is 0 Å². The molecule has 4 nitrogen and oxygen atoms in total. The van der Waals surface area contributed by atoms with E-state index in [0.29, 0.717) is 12.8 Å². The first-order valence-corrected chi connectivity index (χ1v) is 8.48. The van der Waals surface area contributed by atoms with Gasteiger partial charge < -0.3 is 5.73 Å². The molecule has 1 heterocycles. The third-order valence-corrected chi connectivity index (χ3v) is 5.70. The number of hydrogen-bond donors (Lipinski definition) is 1. The van der Waals surface area contributed by atoms with Crippen molar-refractivity contribution >= 4 is 38.4 Å². The first kappa shape index (κ1) is 19.7. The molecule has 1 saturated heterocycles. The Bertz CT molecular complexity index is 640. The number of piperidine rings is 1. The van der Waals surface area contributed by atoms with Crippen LogP contribution in [0.1, 0.15) is 18.4 Å². The van der Waals surface area contributed by atoms with E-state index in [-0.39, 0.29) is 36.0 Å². The molecule has 22 heavy (non-hydrogen) atoms. The summed E-state index contributed by atoms with van der Waals surface area (Å²) in [4.78, 5) is -0.729. The molecule has 1 fully saturated rings. The van der Waals surface area contributed by atoms with E-state index in [1.165, 1.54) is 6.07 Å². The molecule has 1 atom stereocenters. The van der Waals surface area contributed by atoms with Gasteiger partial charge in [0.15, 0.2) is 0 Å². The lowest BCUT2D eigenvalue weighted by Crippen LogP contribution is -2.45. The first-order chi connectivity index (χ1) is 9.62. The van der Waals surface area contributed by atoms with Crippen LogP contribution in [-0.4, -0.2) is 31.9 Å². The van der Waals surface area contributed by atoms with Crippen molar-refractivity contribution in [3.05, 3.63) is 28.2 Å². The maximum atomic E-state index is 13.1. The minimum absolute atomic E-state index is 0. The smallest absolute Gasteiger partial charge is 0.327 e. The molecule has 10 heteroatoms. The molecule has 0 aliphatic carbocycles. The maximum absolute atomic E-state index is 13.1. The number of alkyl halides is 3. The molecule has 0 bridgehead atoms. The predicted octanol–water partition coefficient (Wildman–Crippen LogP) is 3.00. The summed E-state index contributed by atoms with van der Waals surface area (Å²) in [5.41, 5.74) is 4.54. The molecular weight excluding hydrogens is 409 g/mol. The zero-order valence-electron chi connectivity index (χ0n) is 11.3. The number of hydrogen-bond acceptors (Lipinski definition) is 3. The third kappa shape index (κ3) is 4.14. The summed E-state index contributed by atoms with van der Waals surface area (Å²) in [5.74, 6) is 0. The molecule has 2 rings (SSSR count). The second kappa shape index (κ2) is 7.04. The van der Waals surface area contributed by atoms with E-state index in [0.717, 1.165) is 16.4 Å². The lowest BCUT2D eigenvalue weighted by atomic mass is 10.1. The SMILES string of the molecule is Cl.NC1CCCN(S(=O)(=O)c2ccc(Br)cc2C(F)(F)F)C1. The Hall–Kier alpha value is -0.350. The zero-order valence-corrected chi connectivity index (χ0v) is 14.5. The van der Waals surface area contributed by atoms with Gasteiger partial charge in [0, 0.05) is 23.6 Å². The van der Waals surface area contributed by atoms with Gasteiger partial charge in [0.05, 0.1) is 10.5 Å². The number of nitrogens with two attached hydrogens (primary N) is 1. The Kier molecular flexibility index (Phi) is 6.30. The second-order valence-electron chi connectivity index (χ2n) is 4.90. The molecule has 1 aliphatic rings. The average molecular weight is 424 g/mol. The quantitative estimate of drug-likeness (QED) is 0.795. The van der Waals surface area contributed by atoms with E-state index in [2.05, 4.69) is 15.9 Å². The van der Waals surface area contributed by atoms with Crippen LogP contribution in [0.25, 0.3) is 0 Å². The number of rotatable bonds is 2. The molecule has 0 saturated carbocycles. The van der Waals surface area contributed by atoms with Crippen LogP contribution in [0.15, 0.2) is 27.6 Å². The fourth-order valence-corrected chi connectivity index (χ4v) is 4.37. The standard InChI is InChI=1S/C12H14BrF3N2O2S.ClH/c13-8-3-4-11(10(6-8)12(14,15)16)21(19,20)18-5-1-2-9(17)7-18;/h3-4,6,9H,1-2,5,7,17H2;1H. The van der Waals surface area contributed by atoms with Crippen molar-refractivity contribution in [1.82, 2.24) is 4.31 Å². The molecule has 2 N–H and O–H groups in total. The Morgan fingerprint density at radius 2 is 1.95 bits per heavy atom. The topological polar surface area (TPSA) is 63.4 Å².